The second-order valence-corrected chi connectivity index (χ2v) is 12.7. The molecule has 10 nitrogen and oxygen atoms in total. The van der Waals surface area contributed by atoms with Gasteiger partial charge in [0.05, 0.1) is 23.0 Å². The highest BCUT2D eigenvalue weighted by Crippen LogP contribution is 2.42. The van der Waals surface area contributed by atoms with Gasteiger partial charge in [0.15, 0.2) is 5.69 Å². The number of primary amides is 1. The van der Waals surface area contributed by atoms with Crippen molar-refractivity contribution < 1.29 is 45.5 Å². The number of aromatic nitrogens is 3. The molecule has 1 aliphatic heterocycles. The van der Waals surface area contributed by atoms with E-state index in [9.17, 15) is 40.7 Å². The highest BCUT2D eigenvalue weighted by Gasteiger charge is 2.45. The van der Waals surface area contributed by atoms with Crippen molar-refractivity contribution in [2.24, 2.45) is 5.73 Å². The van der Waals surface area contributed by atoms with Crippen LogP contribution in [-0.4, -0.2) is 44.8 Å². The van der Waals surface area contributed by atoms with Crippen LogP contribution in [0.3, 0.4) is 0 Å². The van der Waals surface area contributed by atoms with E-state index in [-0.39, 0.29) is 41.0 Å². The average molecular weight is 703 g/mol. The first-order valence-corrected chi connectivity index (χ1v) is 15.3. The molecule has 2 aromatic heterocycles. The summed E-state index contributed by atoms with van der Waals surface area (Å²) in [6, 6.07) is 8.21. The first-order valence-electron chi connectivity index (χ1n) is 15.3. The third-order valence-electron chi connectivity index (χ3n) is 7.95. The number of hydrogen-bond donors (Lipinski definition) is 2. The van der Waals surface area contributed by atoms with Crippen LogP contribution in [0, 0.1) is 17.5 Å². The number of rotatable bonds is 8. The number of nitrogens with two attached hydrogens (primary N) is 1. The van der Waals surface area contributed by atoms with Crippen molar-refractivity contribution in [3.05, 3.63) is 100 Å². The second-order valence-electron chi connectivity index (χ2n) is 12.7. The molecule has 3 heterocycles. The Hall–Kier alpha value is -5.41. The second kappa shape index (κ2) is 13.5. The van der Waals surface area contributed by atoms with Gasteiger partial charge in [-0.25, -0.2) is 18.0 Å². The third kappa shape index (κ3) is 7.58. The molecular formula is C34H32F6N6O4. The number of nitrogens with zero attached hydrogens (tertiary/aromatic N) is 4. The molecule has 4 aromatic rings. The number of hydrogen-bond acceptors (Lipinski definition) is 6. The fourth-order valence-electron chi connectivity index (χ4n) is 5.78. The molecule has 0 spiro atoms. The minimum atomic E-state index is -4.99. The van der Waals surface area contributed by atoms with Crippen molar-refractivity contribution in [2.75, 3.05) is 11.4 Å². The lowest BCUT2D eigenvalue weighted by Gasteiger charge is -2.27. The molecule has 5 rings (SSSR count). The summed E-state index contributed by atoms with van der Waals surface area (Å²) in [5.74, 6) is -5.49. The predicted octanol–water partition coefficient (Wildman–Crippen LogP) is 6.44. The van der Waals surface area contributed by atoms with Crippen molar-refractivity contribution in [3.8, 4) is 11.1 Å². The Kier molecular flexibility index (Phi) is 9.67. The first kappa shape index (κ1) is 35.9. The number of nitrogens with one attached hydrogen (secondary N) is 1. The van der Waals surface area contributed by atoms with E-state index in [1.54, 1.807) is 33.8 Å². The standard InChI is InChI=1S/C34H32F6N6O4/c1-17(19-12-20(35)15-21(36)13-19)27(28-22(6-5-10-42-28)18-7-8-24(37)23(14-18)31(41)48)43-26(47)16-46-25-9-11-45(32(49)50-33(2,3)4)29(25)30(44-46)34(38,39)40/h5-8,10,12-15,17,27H,9,11,16H2,1-4H3,(H2,41,48)(H,43,47)/t17-,27?/m1/s1. The zero-order valence-electron chi connectivity index (χ0n) is 27.2. The van der Waals surface area contributed by atoms with Crippen molar-refractivity contribution >= 4 is 23.6 Å². The number of anilines is 1. The van der Waals surface area contributed by atoms with Gasteiger partial charge < -0.3 is 15.8 Å². The molecule has 1 unspecified atom stereocenters. The number of alkyl halides is 3. The van der Waals surface area contributed by atoms with Crippen LogP contribution in [0.2, 0.25) is 0 Å². The fraction of sp³-hybridized carbons (Fsp3) is 0.324. The van der Waals surface area contributed by atoms with Gasteiger partial charge in [-0.3, -0.25) is 24.2 Å². The topological polar surface area (TPSA) is 132 Å². The quantitative estimate of drug-likeness (QED) is 0.203. The van der Waals surface area contributed by atoms with Crippen LogP contribution in [0.4, 0.5) is 36.8 Å². The number of benzene rings is 2. The number of pyridine rings is 1. The van der Waals surface area contributed by atoms with Gasteiger partial charge in [0.1, 0.15) is 35.3 Å². The van der Waals surface area contributed by atoms with E-state index in [0.717, 1.165) is 27.8 Å². The van der Waals surface area contributed by atoms with E-state index in [1.807, 2.05) is 0 Å². The Morgan fingerprint density at radius 2 is 1.70 bits per heavy atom. The zero-order valence-corrected chi connectivity index (χ0v) is 27.2. The summed E-state index contributed by atoms with van der Waals surface area (Å²) in [5, 5.41) is 6.39. The monoisotopic (exact) mass is 702 g/mol. The van der Waals surface area contributed by atoms with Crippen molar-refractivity contribution in [1.29, 1.82) is 0 Å². The molecule has 50 heavy (non-hydrogen) atoms. The molecule has 2 aromatic carbocycles. The highest BCUT2D eigenvalue weighted by atomic mass is 19.4. The van der Waals surface area contributed by atoms with Crippen molar-refractivity contribution in [3.63, 3.8) is 0 Å². The molecule has 0 saturated carbocycles. The Morgan fingerprint density at radius 1 is 1.02 bits per heavy atom. The number of ether oxygens (including phenoxy) is 1. The zero-order chi connectivity index (χ0) is 36.7. The minimum absolute atomic E-state index is 0.0287. The maximum atomic E-state index is 14.4. The molecule has 3 amide bonds. The van der Waals surface area contributed by atoms with Crippen LogP contribution in [0.5, 0.6) is 0 Å². The molecule has 264 valence electrons. The molecule has 1 aliphatic rings. The highest BCUT2D eigenvalue weighted by molar-refractivity contribution is 5.94. The van der Waals surface area contributed by atoms with Gasteiger partial charge in [0, 0.05) is 36.7 Å². The minimum Gasteiger partial charge on any atom is -0.443 e. The van der Waals surface area contributed by atoms with Crippen LogP contribution < -0.4 is 16.0 Å². The summed E-state index contributed by atoms with van der Waals surface area (Å²) in [6.07, 6.45) is -4.69. The summed E-state index contributed by atoms with van der Waals surface area (Å²) in [4.78, 5) is 43.7. The average Bonchev–Trinajstić information content (AvgIpc) is 3.60. The van der Waals surface area contributed by atoms with Gasteiger partial charge in [-0.15, -0.1) is 0 Å². The van der Waals surface area contributed by atoms with Crippen LogP contribution >= 0.6 is 0 Å². The molecule has 0 saturated heterocycles. The molecule has 16 heteroatoms. The maximum absolute atomic E-state index is 14.4. The van der Waals surface area contributed by atoms with Crippen LogP contribution in [0.15, 0.2) is 54.7 Å². The van der Waals surface area contributed by atoms with E-state index in [0.29, 0.717) is 6.07 Å². The van der Waals surface area contributed by atoms with Gasteiger partial charge in [-0.1, -0.05) is 19.1 Å². The van der Waals surface area contributed by atoms with Gasteiger partial charge in [0.25, 0.3) is 5.91 Å². The summed E-state index contributed by atoms with van der Waals surface area (Å²) < 4.78 is 91.8. The summed E-state index contributed by atoms with van der Waals surface area (Å²) >= 11 is 0. The molecule has 3 N–H and O–H groups in total. The maximum Gasteiger partial charge on any atom is 0.437 e. The summed E-state index contributed by atoms with van der Waals surface area (Å²) in [6.45, 7) is 5.34. The van der Waals surface area contributed by atoms with Gasteiger partial charge >= 0.3 is 12.3 Å². The summed E-state index contributed by atoms with van der Waals surface area (Å²) in [7, 11) is 0. The van der Waals surface area contributed by atoms with E-state index in [4.69, 9.17) is 10.5 Å². The molecule has 0 bridgehead atoms. The van der Waals surface area contributed by atoms with E-state index >= 15 is 0 Å². The SMILES string of the molecule is C[C@H](c1cc(F)cc(F)c1)C(NC(=O)Cn1nc(C(F)(F)F)c2c1CCN2C(=O)OC(C)(C)C)c1ncccc1-c1ccc(F)c(C(N)=O)c1. The number of amides is 3. The lowest BCUT2D eigenvalue weighted by Crippen LogP contribution is -2.36. The number of carbonyl (C=O) groups is 3. The van der Waals surface area contributed by atoms with Crippen LogP contribution in [0.25, 0.3) is 11.1 Å². The Bertz CT molecular complexity index is 1950. The molecule has 0 aliphatic carbocycles. The largest absolute Gasteiger partial charge is 0.443 e. The van der Waals surface area contributed by atoms with E-state index in [2.05, 4.69) is 15.4 Å². The van der Waals surface area contributed by atoms with Crippen molar-refractivity contribution in [2.45, 2.75) is 64.4 Å². The Labute approximate surface area is 282 Å². The summed E-state index contributed by atoms with van der Waals surface area (Å²) in [5.41, 5.74) is 2.78. The lowest BCUT2D eigenvalue weighted by atomic mass is 9.87. The Morgan fingerprint density at radius 3 is 2.32 bits per heavy atom. The predicted molar refractivity (Wildman–Crippen MR) is 168 cm³/mol. The van der Waals surface area contributed by atoms with Gasteiger partial charge in [-0.05, 0) is 62.2 Å². The number of fused-ring (bicyclic) bond motifs is 1. The van der Waals surface area contributed by atoms with Crippen molar-refractivity contribution in [1.82, 2.24) is 20.1 Å². The molecule has 0 fully saturated rings. The van der Waals surface area contributed by atoms with Crippen LogP contribution in [-0.2, 0) is 28.7 Å². The third-order valence-corrected chi connectivity index (χ3v) is 7.95. The molecule has 0 radical (unpaired) electrons. The first-order chi connectivity index (χ1) is 23.3. The van der Waals surface area contributed by atoms with E-state index in [1.165, 1.54) is 24.4 Å². The van der Waals surface area contributed by atoms with Gasteiger partial charge in [-0.2, -0.15) is 18.3 Å². The normalized spacial score (nSPS) is 14.2. The number of halogens is 6. The van der Waals surface area contributed by atoms with E-state index < -0.39 is 82.6 Å². The fourth-order valence-corrected chi connectivity index (χ4v) is 5.78. The Balaban J connectivity index is 1.55. The van der Waals surface area contributed by atoms with Crippen LogP contribution in [0.1, 0.15) is 72.7 Å². The smallest absolute Gasteiger partial charge is 0.437 e. The molecule has 2 atom stereocenters. The van der Waals surface area contributed by atoms with Gasteiger partial charge in [0.2, 0.25) is 5.91 Å². The number of carbonyl (C=O) groups excluding carboxylic acids is 3. The molecular weight excluding hydrogens is 670 g/mol. The lowest BCUT2D eigenvalue weighted by molar-refractivity contribution is -0.141.